The Labute approximate surface area is 101 Å². The second kappa shape index (κ2) is 5.04. The number of rotatable bonds is 5. The zero-order valence-electron chi connectivity index (χ0n) is 9.80. The highest BCUT2D eigenvalue weighted by atomic mass is 16.3. The minimum atomic E-state index is 0.0638. The van der Waals surface area contributed by atoms with Crippen LogP contribution < -0.4 is 0 Å². The molecule has 2 rings (SSSR count). The van der Waals surface area contributed by atoms with Gasteiger partial charge in [-0.05, 0) is 18.9 Å². The van der Waals surface area contributed by atoms with E-state index in [1.807, 2.05) is 11.0 Å². The van der Waals surface area contributed by atoms with Crippen molar-refractivity contribution in [2.75, 3.05) is 6.54 Å². The monoisotopic (exact) mass is 231 g/mol. The molecule has 1 aromatic rings. The topological polar surface area (TPSA) is 40.5 Å². The number of phenols is 1. The van der Waals surface area contributed by atoms with E-state index in [9.17, 15) is 9.90 Å². The fraction of sp³-hybridized carbons (Fsp3) is 0.357. The number of hydrogen-bond acceptors (Lipinski definition) is 2. The lowest BCUT2D eigenvalue weighted by molar-refractivity contribution is -0.130. The van der Waals surface area contributed by atoms with E-state index in [0.717, 1.165) is 12.8 Å². The van der Waals surface area contributed by atoms with Crippen LogP contribution in [0.1, 0.15) is 18.4 Å². The van der Waals surface area contributed by atoms with Crippen LogP contribution in [0.25, 0.3) is 0 Å². The average molecular weight is 231 g/mol. The number of para-hydroxylation sites is 1. The quantitative estimate of drug-likeness (QED) is 0.788. The largest absolute Gasteiger partial charge is 0.508 e. The van der Waals surface area contributed by atoms with Gasteiger partial charge in [0.1, 0.15) is 5.75 Å². The first kappa shape index (κ1) is 11.7. The van der Waals surface area contributed by atoms with Crippen molar-refractivity contribution in [3.8, 4) is 5.75 Å². The highest BCUT2D eigenvalue weighted by molar-refractivity contribution is 5.80. The molecule has 1 aliphatic carbocycles. The van der Waals surface area contributed by atoms with Gasteiger partial charge < -0.3 is 10.0 Å². The van der Waals surface area contributed by atoms with Crippen molar-refractivity contribution in [3.05, 3.63) is 42.5 Å². The van der Waals surface area contributed by atoms with Gasteiger partial charge in [0, 0.05) is 18.2 Å². The summed E-state index contributed by atoms with van der Waals surface area (Å²) in [5, 5.41) is 9.63. The van der Waals surface area contributed by atoms with Crippen LogP contribution in [0.2, 0.25) is 0 Å². The average Bonchev–Trinajstić information content (AvgIpc) is 3.13. The highest BCUT2D eigenvalue weighted by Crippen LogP contribution is 2.28. The first-order chi connectivity index (χ1) is 8.22. The van der Waals surface area contributed by atoms with E-state index in [4.69, 9.17) is 0 Å². The Morgan fingerprint density at radius 2 is 2.18 bits per heavy atom. The molecule has 3 nitrogen and oxygen atoms in total. The van der Waals surface area contributed by atoms with Gasteiger partial charge in [0.2, 0.25) is 5.91 Å². The zero-order valence-corrected chi connectivity index (χ0v) is 9.80. The zero-order chi connectivity index (χ0) is 12.3. The lowest BCUT2D eigenvalue weighted by atomic mass is 10.1. The highest BCUT2D eigenvalue weighted by Gasteiger charge is 2.31. The fourth-order valence-electron chi connectivity index (χ4n) is 1.90. The number of aromatic hydroxyl groups is 1. The van der Waals surface area contributed by atoms with Crippen LogP contribution in [0, 0.1) is 0 Å². The van der Waals surface area contributed by atoms with Gasteiger partial charge in [-0.2, -0.15) is 0 Å². The molecule has 0 unspecified atom stereocenters. The lowest BCUT2D eigenvalue weighted by Crippen LogP contribution is -2.34. The predicted molar refractivity (Wildman–Crippen MR) is 66.7 cm³/mol. The molecule has 0 heterocycles. The summed E-state index contributed by atoms with van der Waals surface area (Å²) in [5.74, 6) is 0.254. The van der Waals surface area contributed by atoms with Crippen molar-refractivity contribution in [2.24, 2.45) is 0 Å². The molecule has 1 aromatic carbocycles. The van der Waals surface area contributed by atoms with E-state index in [-0.39, 0.29) is 18.1 Å². The minimum absolute atomic E-state index is 0.0638. The van der Waals surface area contributed by atoms with E-state index >= 15 is 0 Å². The van der Waals surface area contributed by atoms with E-state index in [1.165, 1.54) is 0 Å². The molecule has 0 aromatic heterocycles. The van der Waals surface area contributed by atoms with Crippen molar-refractivity contribution in [2.45, 2.75) is 25.3 Å². The summed E-state index contributed by atoms with van der Waals surface area (Å²) in [5.41, 5.74) is 0.687. The van der Waals surface area contributed by atoms with E-state index in [0.29, 0.717) is 18.2 Å². The Kier molecular flexibility index (Phi) is 3.47. The third kappa shape index (κ3) is 2.87. The van der Waals surface area contributed by atoms with Crippen molar-refractivity contribution in [1.82, 2.24) is 4.90 Å². The maximum atomic E-state index is 12.1. The van der Waals surface area contributed by atoms with Crippen molar-refractivity contribution in [1.29, 1.82) is 0 Å². The van der Waals surface area contributed by atoms with Gasteiger partial charge in [-0.1, -0.05) is 24.3 Å². The molecule has 0 bridgehead atoms. The van der Waals surface area contributed by atoms with Crippen molar-refractivity contribution in [3.63, 3.8) is 0 Å². The molecule has 1 aliphatic rings. The predicted octanol–water partition coefficient (Wildman–Crippen LogP) is 2.11. The maximum Gasteiger partial charge on any atom is 0.227 e. The van der Waals surface area contributed by atoms with E-state index in [2.05, 4.69) is 6.58 Å². The Hall–Kier alpha value is -1.77. The van der Waals surface area contributed by atoms with Gasteiger partial charge in [-0.3, -0.25) is 4.79 Å². The molecule has 1 amide bonds. The van der Waals surface area contributed by atoms with Gasteiger partial charge in [-0.25, -0.2) is 0 Å². The Bertz CT molecular complexity index is 424. The number of hydrogen-bond donors (Lipinski definition) is 1. The van der Waals surface area contributed by atoms with Gasteiger partial charge in [-0.15, -0.1) is 6.58 Å². The molecule has 3 heteroatoms. The smallest absolute Gasteiger partial charge is 0.227 e. The summed E-state index contributed by atoms with van der Waals surface area (Å²) in [6.45, 7) is 4.27. The van der Waals surface area contributed by atoms with Crippen LogP contribution in [-0.2, 0) is 11.2 Å². The van der Waals surface area contributed by atoms with Gasteiger partial charge in [0.15, 0.2) is 0 Å². The van der Waals surface area contributed by atoms with Crippen LogP contribution in [0.3, 0.4) is 0 Å². The standard InChI is InChI=1S/C14H17NO2/c1-2-9-15(12-7-8-12)14(17)10-11-5-3-4-6-13(11)16/h2-6,12,16H,1,7-10H2. The number of amides is 1. The van der Waals surface area contributed by atoms with Gasteiger partial charge >= 0.3 is 0 Å². The summed E-state index contributed by atoms with van der Waals surface area (Å²) < 4.78 is 0. The minimum Gasteiger partial charge on any atom is -0.508 e. The summed E-state index contributed by atoms with van der Waals surface area (Å²) in [6.07, 6.45) is 4.18. The molecule has 90 valence electrons. The first-order valence-corrected chi connectivity index (χ1v) is 5.89. The third-order valence-corrected chi connectivity index (χ3v) is 2.97. The summed E-state index contributed by atoms with van der Waals surface area (Å²) in [4.78, 5) is 13.9. The van der Waals surface area contributed by atoms with Crippen LogP contribution in [0.15, 0.2) is 36.9 Å². The van der Waals surface area contributed by atoms with Crippen molar-refractivity contribution >= 4 is 5.91 Å². The second-order valence-corrected chi connectivity index (χ2v) is 4.37. The number of carbonyl (C=O) groups excluding carboxylic acids is 1. The lowest BCUT2D eigenvalue weighted by Gasteiger charge is -2.20. The number of phenolic OH excluding ortho intramolecular Hbond substituents is 1. The number of nitrogens with zero attached hydrogens (tertiary/aromatic N) is 1. The molecule has 1 N–H and O–H groups in total. The van der Waals surface area contributed by atoms with Crippen LogP contribution in [0.4, 0.5) is 0 Å². The molecule has 17 heavy (non-hydrogen) atoms. The Morgan fingerprint density at radius 3 is 2.76 bits per heavy atom. The normalized spacial score (nSPS) is 14.4. The van der Waals surface area contributed by atoms with Gasteiger partial charge in [0.05, 0.1) is 6.42 Å². The number of carbonyl (C=O) groups is 1. The van der Waals surface area contributed by atoms with Crippen LogP contribution in [0.5, 0.6) is 5.75 Å². The molecule has 1 saturated carbocycles. The molecule has 0 aliphatic heterocycles. The maximum absolute atomic E-state index is 12.1. The Morgan fingerprint density at radius 1 is 1.47 bits per heavy atom. The molecule has 0 saturated heterocycles. The van der Waals surface area contributed by atoms with Crippen molar-refractivity contribution < 1.29 is 9.90 Å². The third-order valence-electron chi connectivity index (χ3n) is 2.97. The fourth-order valence-corrected chi connectivity index (χ4v) is 1.90. The van der Waals surface area contributed by atoms with Crippen LogP contribution >= 0.6 is 0 Å². The number of benzene rings is 1. The molecular weight excluding hydrogens is 214 g/mol. The van der Waals surface area contributed by atoms with E-state index < -0.39 is 0 Å². The molecular formula is C14H17NO2. The second-order valence-electron chi connectivity index (χ2n) is 4.37. The molecule has 0 atom stereocenters. The molecule has 0 spiro atoms. The van der Waals surface area contributed by atoms with Crippen LogP contribution in [-0.4, -0.2) is 28.5 Å². The van der Waals surface area contributed by atoms with E-state index in [1.54, 1.807) is 24.3 Å². The Balaban J connectivity index is 2.04. The SMILES string of the molecule is C=CCN(C(=O)Cc1ccccc1O)C1CC1. The van der Waals surface area contributed by atoms with Gasteiger partial charge in [0.25, 0.3) is 0 Å². The summed E-state index contributed by atoms with van der Waals surface area (Å²) in [6, 6.07) is 7.36. The first-order valence-electron chi connectivity index (χ1n) is 5.89. The molecule has 1 fully saturated rings. The molecule has 0 radical (unpaired) electrons. The summed E-state index contributed by atoms with van der Waals surface area (Å²) in [7, 11) is 0. The summed E-state index contributed by atoms with van der Waals surface area (Å²) >= 11 is 0.